The summed E-state index contributed by atoms with van der Waals surface area (Å²) in [4.78, 5) is 23.2. The maximum Gasteiger partial charge on any atom is 0.329 e. The number of hydrazone groups is 1. The summed E-state index contributed by atoms with van der Waals surface area (Å²) in [5, 5.41) is 5.85. The second kappa shape index (κ2) is 8.19. The van der Waals surface area contributed by atoms with E-state index in [1.807, 2.05) is 30.3 Å². The first-order valence-electron chi connectivity index (χ1n) is 6.68. The lowest BCUT2D eigenvalue weighted by molar-refractivity contribution is -0.136. The van der Waals surface area contributed by atoms with Crippen LogP contribution in [-0.4, -0.2) is 18.0 Å². The van der Waals surface area contributed by atoms with E-state index in [1.165, 1.54) is 18.3 Å². The monoisotopic (exact) mass is 377 g/mol. The summed E-state index contributed by atoms with van der Waals surface area (Å²) in [7, 11) is 0. The van der Waals surface area contributed by atoms with E-state index in [0.717, 1.165) is 5.56 Å². The molecule has 2 N–H and O–H groups in total. The van der Waals surface area contributed by atoms with Crippen LogP contribution in [0.3, 0.4) is 0 Å². The number of halogens is 2. The topological polar surface area (TPSA) is 70.6 Å². The Labute approximate surface area is 140 Å². The predicted octanol–water partition coefficient (Wildman–Crippen LogP) is 2.87. The minimum Gasteiger partial charge on any atom is -0.315 e. The molecule has 0 aliphatic heterocycles. The van der Waals surface area contributed by atoms with Gasteiger partial charge in [0.25, 0.3) is 0 Å². The van der Waals surface area contributed by atoms with Crippen molar-refractivity contribution in [2.75, 3.05) is 5.32 Å². The van der Waals surface area contributed by atoms with Gasteiger partial charge in [-0.15, -0.1) is 0 Å². The Kier molecular flexibility index (Phi) is 5.99. The first kappa shape index (κ1) is 16.8. The Hall–Kier alpha value is -2.54. The predicted molar refractivity (Wildman–Crippen MR) is 89.5 cm³/mol. The molecule has 0 fully saturated rings. The normalized spacial score (nSPS) is 10.5. The van der Waals surface area contributed by atoms with E-state index < -0.39 is 17.6 Å². The highest BCUT2D eigenvalue weighted by molar-refractivity contribution is 9.10. The zero-order chi connectivity index (χ0) is 16.7. The van der Waals surface area contributed by atoms with Crippen LogP contribution in [-0.2, 0) is 16.0 Å². The standard InChI is InChI=1S/C16H13BrFN3O2/c17-12-6-7-14(13(18)10-12)20-15(22)16(23)21-19-9-8-11-4-2-1-3-5-11/h1-7,9-10H,8H2,(H,20,22)(H,21,23)/b19-9+. The molecule has 118 valence electrons. The molecule has 5 nitrogen and oxygen atoms in total. The number of anilines is 1. The van der Waals surface area contributed by atoms with Crippen molar-refractivity contribution in [3.63, 3.8) is 0 Å². The van der Waals surface area contributed by atoms with Gasteiger partial charge in [0, 0.05) is 17.1 Å². The maximum atomic E-state index is 13.6. The van der Waals surface area contributed by atoms with Crippen LogP contribution >= 0.6 is 15.9 Å². The zero-order valence-corrected chi connectivity index (χ0v) is 13.5. The summed E-state index contributed by atoms with van der Waals surface area (Å²) >= 11 is 3.10. The van der Waals surface area contributed by atoms with Gasteiger partial charge in [-0.1, -0.05) is 46.3 Å². The van der Waals surface area contributed by atoms with Crippen molar-refractivity contribution in [2.45, 2.75) is 6.42 Å². The third-order valence-corrected chi connectivity index (χ3v) is 3.31. The van der Waals surface area contributed by atoms with Crippen molar-refractivity contribution in [1.29, 1.82) is 0 Å². The number of nitrogens with one attached hydrogen (secondary N) is 2. The molecular weight excluding hydrogens is 365 g/mol. The fourth-order valence-corrected chi connectivity index (χ4v) is 2.02. The van der Waals surface area contributed by atoms with Gasteiger partial charge in [-0.2, -0.15) is 5.10 Å². The lowest BCUT2D eigenvalue weighted by Crippen LogP contribution is -2.32. The van der Waals surface area contributed by atoms with E-state index in [-0.39, 0.29) is 5.69 Å². The number of hydrogen-bond acceptors (Lipinski definition) is 3. The molecule has 2 rings (SSSR count). The van der Waals surface area contributed by atoms with Crippen LogP contribution in [0.2, 0.25) is 0 Å². The van der Waals surface area contributed by atoms with Crippen LogP contribution in [0.15, 0.2) is 58.1 Å². The van der Waals surface area contributed by atoms with E-state index in [1.54, 1.807) is 6.07 Å². The molecule has 0 aromatic heterocycles. The first-order chi connectivity index (χ1) is 11.1. The Morgan fingerprint density at radius 1 is 1.13 bits per heavy atom. The van der Waals surface area contributed by atoms with Crippen molar-refractivity contribution in [2.24, 2.45) is 5.10 Å². The highest BCUT2D eigenvalue weighted by atomic mass is 79.9. The van der Waals surface area contributed by atoms with Crippen LogP contribution < -0.4 is 10.7 Å². The number of benzene rings is 2. The van der Waals surface area contributed by atoms with Crippen molar-refractivity contribution in [1.82, 2.24) is 5.43 Å². The number of rotatable bonds is 4. The van der Waals surface area contributed by atoms with Gasteiger partial charge in [-0.25, -0.2) is 9.82 Å². The van der Waals surface area contributed by atoms with Gasteiger partial charge in [0.05, 0.1) is 5.69 Å². The maximum absolute atomic E-state index is 13.6. The van der Waals surface area contributed by atoms with E-state index in [9.17, 15) is 14.0 Å². The average Bonchev–Trinajstić information content (AvgIpc) is 2.55. The highest BCUT2D eigenvalue weighted by Gasteiger charge is 2.14. The van der Waals surface area contributed by atoms with E-state index in [4.69, 9.17) is 0 Å². The summed E-state index contributed by atoms with van der Waals surface area (Å²) in [6.07, 6.45) is 1.99. The molecule has 0 atom stereocenters. The molecule has 0 aliphatic carbocycles. The van der Waals surface area contributed by atoms with E-state index in [0.29, 0.717) is 10.9 Å². The van der Waals surface area contributed by atoms with Gasteiger partial charge >= 0.3 is 11.8 Å². The van der Waals surface area contributed by atoms with Gasteiger partial charge < -0.3 is 5.32 Å². The quantitative estimate of drug-likeness (QED) is 0.488. The second-order valence-electron chi connectivity index (χ2n) is 4.52. The molecule has 23 heavy (non-hydrogen) atoms. The Balaban J connectivity index is 1.84. The number of carbonyl (C=O) groups is 2. The summed E-state index contributed by atoms with van der Waals surface area (Å²) in [6, 6.07) is 13.6. The molecule has 0 spiro atoms. The minimum absolute atomic E-state index is 0.0818. The smallest absolute Gasteiger partial charge is 0.315 e. The van der Waals surface area contributed by atoms with E-state index in [2.05, 4.69) is 31.8 Å². The van der Waals surface area contributed by atoms with Crippen molar-refractivity contribution in [3.8, 4) is 0 Å². The summed E-state index contributed by atoms with van der Waals surface area (Å²) < 4.78 is 14.1. The number of nitrogens with zero attached hydrogens (tertiary/aromatic N) is 1. The summed E-state index contributed by atoms with van der Waals surface area (Å²) in [6.45, 7) is 0. The Morgan fingerprint density at radius 3 is 2.57 bits per heavy atom. The van der Waals surface area contributed by atoms with Gasteiger partial charge in [0.1, 0.15) is 5.82 Å². The fraction of sp³-hybridized carbons (Fsp3) is 0.0625. The minimum atomic E-state index is -0.997. The van der Waals surface area contributed by atoms with Crippen LogP contribution in [0.1, 0.15) is 5.56 Å². The molecule has 2 aromatic carbocycles. The molecule has 2 amide bonds. The molecule has 0 unspecified atom stereocenters. The molecule has 7 heteroatoms. The fourth-order valence-electron chi connectivity index (χ4n) is 1.69. The lowest BCUT2D eigenvalue weighted by atomic mass is 10.2. The summed E-state index contributed by atoms with van der Waals surface area (Å²) in [5.41, 5.74) is 3.03. The van der Waals surface area contributed by atoms with Crippen LogP contribution in [0.25, 0.3) is 0 Å². The van der Waals surface area contributed by atoms with Gasteiger partial charge in [0.15, 0.2) is 0 Å². The van der Waals surface area contributed by atoms with Crippen molar-refractivity contribution >= 4 is 39.6 Å². The average molecular weight is 378 g/mol. The van der Waals surface area contributed by atoms with Crippen LogP contribution in [0.4, 0.5) is 10.1 Å². The number of hydrogen-bond donors (Lipinski definition) is 2. The first-order valence-corrected chi connectivity index (χ1v) is 7.47. The SMILES string of the molecule is O=C(N/N=C/Cc1ccccc1)C(=O)Nc1ccc(Br)cc1F. The number of carbonyl (C=O) groups excluding carboxylic acids is 2. The third kappa shape index (κ3) is 5.30. The van der Waals surface area contributed by atoms with Gasteiger partial charge in [0.2, 0.25) is 0 Å². The zero-order valence-electron chi connectivity index (χ0n) is 11.9. The molecule has 0 radical (unpaired) electrons. The Morgan fingerprint density at radius 2 is 1.87 bits per heavy atom. The van der Waals surface area contributed by atoms with Crippen LogP contribution in [0.5, 0.6) is 0 Å². The van der Waals surface area contributed by atoms with Gasteiger partial charge in [-0.3, -0.25) is 9.59 Å². The van der Waals surface area contributed by atoms with Gasteiger partial charge in [-0.05, 0) is 23.8 Å². The second-order valence-corrected chi connectivity index (χ2v) is 5.44. The third-order valence-electron chi connectivity index (χ3n) is 2.81. The van der Waals surface area contributed by atoms with Crippen LogP contribution in [0, 0.1) is 5.82 Å². The molecule has 2 aromatic rings. The molecule has 0 heterocycles. The molecule has 0 aliphatic rings. The molecular formula is C16H13BrFN3O2. The number of amides is 2. The molecule has 0 bridgehead atoms. The molecule has 0 saturated carbocycles. The molecule has 0 saturated heterocycles. The Bertz CT molecular complexity index is 735. The largest absolute Gasteiger partial charge is 0.329 e. The lowest BCUT2D eigenvalue weighted by Gasteiger charge is -2.05. The van der Waals surface area contributed by atoms with Crippen molar-refractivity contribution < 1.29 is 14.0 Å². The highest BCUT2D eigenvalue weighted by Crippen LogP contribution is 2.19. The summed E-state index contributed by atoms with van der Waals surface area (Å²) in [5.74, 6) is -2.62. The van der Waals surface area contributed by atoms with Crippen molar-refractivity contribution in [3.05, 3.63) is 64.4 Å². The van der Waals surface area contributed by atoms with E-state index >= 15 is 0 Å².